The van der Waals surface area contributed by atoms with E-state index in [0.29, 0.717) is 30.4 Å². The summed E-state index contributed by atoms with van der Waals surface area (Å²) in [5.74, 6) is 0. The maximum Gasteiger partial charge on any atom is 0.296 e. The van der Waals surface area contributed by atoms with Crippen molar-refractivity contribution >= 4 is 20.2 Å². The molecule has 0 bridgehead atoms. The molecule has 1 aromatic rings. The normalized spacial score (nSPS) is 12.4. The fraction of sp³-hybridized carbons (Fsp3) is 0.769. The Hall–Kier alpha value is -0.960. The lowest BCUT2D eigenvalue weighted by molar-refractivity contribution is 0.463. The van der Waals surface area contributed by atoms with Gasteiger partial charge in [-0.1, -0.05) is 90.9 Å². The van der Waals surface area contributed by atoms with Crippen LogP contribution in [0, 0.1) is 13.8 Å². The van der Waals surface area contributed by atoms with Gasteiger partial charge in [0, 0.05) is 0 Å². The van der Waals surface area contributed by atoms with E-state index in [-0.39, 0.29) is 5.56 Å². The molecule has 0 radical (unpaired) electrons. The molecule has 1 aromatic carbocycles. The van der Waals surface area contributed by atoms with E-state index in [2.05, 4.69) is 13.8 Å². The van der Waals surface area contributed by atoms with Crippen molar-refractivity contribution in [2.75, 3.05) is 0 Å². The van der Waals surface area contributed by atoms with Gasteiger partial charge in [-0.05, 0) is 61.8 Å². The van der Waals surface area contributed by atoms with Crippen molar-refractivity contribution in [3.8, 4) is 0 Å². The summed E-state index contributed by atoms with van der Waals surface area (Å²) < 4.78 is 69.1. The molecule has 0 aliphatic carbocycles. The zero-order valence-electron chi connectivity index (χ0n) is 21.7. The van der Waals surface area contributed by atoms with Gasteiger partial charge >= 0.3 is 0 Å². The predicted molar refractivity (Wildman–Crippen MR) is 139 cm³/mol. The van der Waals surface area contributed by atoms with Crippen LogP contribution in [0.4, 0.5) is 0 Å². The van der Waals surface area contributed by atoms with Crippen molar-refractivity contribution in [2.24, 2.45) is 0 Å². The van der Waals surface area contributed by atoms with E-state index in [4.69, 9.17) is 0 Å². The topological polar surface area (TPSA) is 109 Å². The van der Waals surface area contributed by atoms with Gasteiger partial charge in [0.05, 0.1) is 0 Å². The van der Waals surface area contributed by atoms with Crippen molar-refractivity contribution in [3.63, 3.8) is 0 Å². The number of hydrogen-bond acceptors (Lipinski definition) is 4. The molecule has 0 fully saturated rings. The molecule has 0 aliphatic rings. The van der Waals surface area contributed by atoms with E-state index in [9.17, 15) is 25.9 Å². The Labute approximate surface area is 208 Å². The first kappa shape index (κ1) is 31.1. The second-order valence-corrected chi connectivity index (χ2v) is 12.3. The maximum absolute atomic E-state index is 12.4. The van der Waals surface area contributed by atoms with Crippen LogP contribution in [-0.2, 0) is 33.1 Å². The van der Waals surface area contributed by atoms with Crippen molar-refractivity contribution in [1.29, 1.82) is 0 Å². The molecular formula is C26H46O6S2. The van der Waals surface area contributed by atoms with Gasteiger partial charge in [-0.3, -0.25) is 9.11 Å². The Morgan fingerprint density at radius 1 is 0.500 bits per heavy atom. The molecule has 198 valence electrons. The monoisotopic (exact) mass is 518 g/mol. The van der Waals surface area contributed by atoms with E-state index < -0.39 is 30.0 Å². The quantitative estimate of drug-likeness (QED) is 0.155. The highest BCUT2D eigenvalue weighted by Gasteiger charge is 2.32. The van der Waals surface area contributed by atoms with Gasteiger partial charge in [0.2, 0.25) is 0 Å². The van der Waals surface area contributed by atoms with Crippen molar-refractivity contribution < 1.29 is 25.9 Å². The van der Waals surface area contributed by atoms with Crippen LogP contribution in [0.2, 0.25) is 0 Å². The van der Waals surface area contributed by atoms with Crippen LogP contribution < -0.4 is 0 Å². The van der Waals surface area contributed by atoms with Crippen LogP contribution in [0.1, 0.15) is 126 Å². The third kappa shape index (κ3) is 9.96. The molecule has 0 spiro atoms. The smallest absolute Gasteiger partial charge is 0.282 e. The summed E-state index contributed by atoms with van der Waals surface area (Å²) >= 11 is 0. The third-order valence-electron chi connectivity index (χ3n) is 6.78. The number of hydrogen-bond donors (Lipinski definition) is 2. The molecular weight excluding hydrogens is 472 g/mol. The average molecular weight is 519 g/mol. The fourth-order valence-corrected chi connectivity index (χ4v) is 7.22. The number of unbranched alkanes of at least 4 members (excludes halogenated alkanes) is 12. The van der Waals surface area contributed by atoms with E-state index >= 15 is 0 Å². The highest BCUT2D eigenvalue weighted by atomic mass is 32.2. The van der Waals surface area contributed by atoms with Gasteiger partial charge in [-0.15, -0.1) is 0 Å². The second-order valence-electron chi connectivity index (χ2n) is 9.56. The van der Waals surface area contributed by atoms with Crippen LogP contribution >= 0.6 is 0 Å². The minimum Gasteiger partial charge on any atom is -0.282 e. The minimum atomic E-state index is -4.85. The summed E-state index contributed by atoms with van der Waals surface area (Å²) in [6.45, 7) is 7.62. The van der Waals surface area contributed by atoms with Crippen LogP contribution in [0.3, 0.4) is 0 Å². The lowest BCUT2D eigenvalue weighted by Crippen LogP contribution is -2.17. The van der Waals surface area contributed by atoms with E-state index in [0.717, 1.165) is 44.1 Å². The third-order valence-corrected chi connectivity index (χ3v) is 8.90. The van der Waals surface area contributed by atoms with Crippen molar-refractivity contribution in [3.05, 3.63) is 22.3 Å². The molecule has 0 aromatic heterocycles. The summed E-state index contributed by atoms with van der Waals surface area (Å²) in [4.78, 5) is -1.30. The van der Waals surface area contributed by atoms with Crippen molar-refractivity contribution in [2.45, 2.75) is 140 Å². The first-order valence-corrected chi connectivity index (χ1v) is 15.9. The number of rotatable bonds is 18. The van der Waals surface area contributed by atoms with E-state index in [1.54, 1.807) is 6.92 Å². The standard InChI is InChI=1S/C26H46O6S2/c1-5-7-9-11-13-15-17-19-23-21(3)22(4)25(33(27,28)29)26(34(30,31)32)24(23)20-18-16-14-12-10-8-6-2/h5-20H2,1-4H3,(H,27,28,29)(H,30,31,32). The molecule has 34 heavy (non-hydrogen) atoms. The largest absolute Gasteiger partial charge is 0.296 e. The SMILES string of the molecule is CCCCCCCCCc1c(C)c(C)c(S(=O)(=O)O)c(S(=O)(=O)O)c1CCCCCCCCC. The maximum atomic E-state index is 12.4. The zero-order valence-corrected chi connectivity index (χ0v) is 23.3. The molecule has 0 saturated heterocycles. The lowest BCUT2D eigenvalue weighted by Gasteiger charge is -2.21. The molecule has 8 heteroatoms. The summed E-state index contributed by atoms with van der Waals surface area (Å²) in [6, 6.07) is 0. The van der Waals surface area contributed by atoms with Crippen LogP contribution in [0.15, 0.2) is 9.79 Å². The molecule has 0 aliphatic heterocycles. The van der Waals surface area contributed by atoms with Gasteiger partial charge in [0.25, 0.3) is 20.2 Å². The van der Waals surface area contributed by atoms with Crippen LogP contribution in [0.25, 0.3) is 0 Å². The zero-order chi connectivity index (χ0) is 25.8. The highest BCUT2D eigenvalue weighted by molar-refractivity contribution is 7.89. The Bertz CT molecular complexity index is 966. The van der Waals surface area contributed by atoms with E-state index in [1.807, 2.05) is 0 Å². The molecule has 0 saturated carbocycles. The van der Waals surface area contributed by atoms with Crippen LogP contribution in [0.5, 0.6) is 0 Å². The average Bonchev–Trinajstić information content (AvgIpc) is 2.74. The Balaban J connectivity index is 3.24. The molecule has 0 atom stereocenters. The first-order valence-electron chi connectivity index (χ1n) is 13.1. The van der Waals surface area contributed by atoms with Crippen molar-refractivity contribution in [1.82, 2.24) is 0 Å². The fourth-order valence-electron chi connectivity index (χ4n) is 4.77. The Kier molecular flexibility index (Phi) is 13.9. The molecule has 0 unspecified atom stereocenters. The van der Waals surface area contributed by atoms with E-state index in [1.165, 1.54) is 51.9 Å². The van der Waals surface area contributed by atoms with Gasteiger partial charge in [0.1, 0.15) is 9.79 Å². The minimum absolute atomic E-state index is 0.191. The predicted octanol–water partition coefficient (Wildman–Crippen LogP) is 7.38. The summed E-state index contributed by atoms with van der Waals surface area (Å²) in [5, 5.41) is 0. The summed E-state index contributed by atoms with van der Waals surface area (Å²) in [6.07, 6.45) is 16.1. The Morgan fingerprint density at radius 3 is 1.24 bits per heavy atom. The molecule has 0 heterocycles. The molecule has 6 nitrogen and oxygen atoms in total. The Morgan fingerprint density at radius 2 is 0.853 bits per heavy atom. The summed E-state index contributed by atoms with van der Waals surface area (Å²) in [7, 11) is -9.68. The first-order chi connectivity index (χ1) is 16.0. The lowest BCUT2D eigenvalue weighted by atomic mass is 9.90. The van der Waals surface area contributed by atoms with Gasteiger partial charge < -0.3 is 0 Å². The van der Waals surface area contributed by atoms with Gasteiger partial charge in [-0.25, -0.2) is 0 Å². The van der Waals surface area contributed by atoms with Gasteiger partial charge in [0.15, 0.2) is 0 Å². The molecule has 2 N–H and O–H groups in total. The highest BCUT2D eigenvalue weighted by Crippen LogP contribution is 2.36. The molecule has 0 amide bonds. The molecule has 1 rings (SSSR count). The van der Waals surface area contributed by atoms with Crippen LogP contribution in [-0.4, -0.2) is 25.9 Å². The number of benzene rings is 1. The van der Waals surface area contributed by atoms with Gasteiger partial charge in [-0.2, -0.15) is 16.8 Å². The summed E-state index contributed by atoms with van der Waals surface area (Å²) in [5.41, 5.74) is 2.04. The second kappa shape index (κ2) is 15.2.